The Bertz CT molecular complexity index is 1450. The Labute approximate surface area is 214 Å². The zero-order valence-corrected chi connectivity index (χ0v) is 20.3. The molecule has 0 spiro atoms. The molecule has 9 heteroatoms. The second-order valence-electron chi connectivity index (χ2n) is 8.95. The molecule has 1 unspecified atom stereocenters. The van der Waals surface area contributed by atoms with Crippen LogP contribution in [0.3, 0.4) is 0 Å². The first-order valence-electron chi connectivity index (χ1n) is 12.2. The summed E-state index contributed by atoms with van der Waals surface area (Å²) in [5.74, 6) is 0.0461. The topological polar surface area (TPSA) is 105 Å². The maximum Gasteiger partial charge on any atom is 0.317 e. The number of aliphatic imine (C=N–C) groups is 1. The Kier molecular flexibility index (Phi) is 6.11. The van der Waals surface area contributed by atoms with Crippen LogP contribution >= 0.6 is 0 Å². The monoisotopic (exact) mass is 494 g/mol. The predicted octanol–water partition coefficient (Wildman–Crippen LogP) is 4.19. The van der Waals surface area contributed by atoms with Crippen molar-refractivity contribution in [3.05, 3.63) is 90.0 Å². The number of carbonyl (C=O) groups excluding carboxylic acids is 1. The fraction of sp³-hybridized carbons (Fsp3) is 0.214. The summed E-state index contributed by atoms with van der Waals surface area (Å²) in [6.45, 7) is 1.68. The Morgan fingerprint density at radius 2 is 1.73 bits per heavy atom. The number of hydrogen-bond acceptors (Lipinski definition) is 8. The first kappa shape index (κ1) is 22.9. The van der Waals surface area contributed by atoms with Gasteiger partial charge >= 0.3 is 6.01 Å². The van der Waals surface area contributed by atoms with Crippen molar-refractivity contribution in [2.24, 2.45) is 4.99 Å². The van der Waals surface area contributed by atoms with Gasteiger partial charge in [0.15, 0.2) is 0 Å². The summed E-state index contributed by atoms with van der Waals surface area (Å²) in [4.78, 5) is 20.2. The molecule has 9 nitrogen and oxygen atoms in total. The molecule has 6 rings (SSSR count). The van der Waals surface area contributed by atoms with Crippen LogP contribution < -0.4 is 15.5 Å². The van der Waals surface area contributed by atoms with Gasteiger partial charge in [-0.15, -0.1) is 5.10 Å². The van der Waals surface area contributed by atoms with Gasteiger partial charge in [-0.3, -0.25) is 4.79 Å². The van der Waals surface area contributed by atoms with Gasteiger partial charge in [0.05, 0.1) is 23.1 Å². The molecule has 3 aromatic carbocycles. The van der Waals surface area contributed by atoms with Crippen LogP contribution in [-0.4, -0.2) is 54.3 Å². The molecule has 4 aromatic rings. The van der Waals surface area contributed by atoms with Gasteiger partial charge in [0.25, 0.3) is 11.8 Å². The lowest BCUT2D eigenvalue weighted by molar-refractivity contribution is -0.116. The molecule has 186 valence electrons. The van der Waals surface area contributed by atoms with Crippen molar-refractivity contribution in [2.45, 2.75) is 18.7 Å². The third-order valence-electron chi connectivity index (χ3n) is 6.63. The van der Waals surface area contributed by atoms with Crippen molar-refractivity contribution in [1.29, 1.82) is 0 Å². The number of hydrogen-bond donors (Lipinski definition) is 2. The quantitative estimate of drug-likeness (QED) is 0.414. The van der Waals surface area contributed by atoms with E-state index < -0.39 is 6.17 Å². The number of benzene rings is 3. The summed E-state index contributed by atoms with van der Waals surface area (Å²) in [7, 11) is 1.74. The van der Waals surface area contributed by atoms with Gasteiger partial charge in [-0.1, -0.05) is 65.8 Å². The van der Waals surface area contributed by atoms with Gasteiger partial charge in [0.1, 0.15) is 0 Å². The van der Waals surface area contributed by atoms with Crippen LogP contribution in [0.15, 0.2) is 88.3 Å². The summed E-state index contributed by atoms with van der Waals surface area (Å²) >= 11 is 0. The first-order chi connectivity index (χ1) is 18.2. The summed E-state index contributed by atoms with van der Waals surface area (Å²) in [5.41, 5.74) is 4.96. The van der Waals surface area contributed by atoms with Gasteiger partial charge in [-0.25, -0.2) is 4.99 Å². The standard InChI is InChI=1S/C28H26N6O3/c1-36-19-15-16-34(17-19)23-14-8-6-12-21(23)27-32-33-28(37-27)31-25-26(35)29-22-13-7-5-11-20(22)24(30-25)18-9-3-2-4-10-18/h2-14,19,25H,15-17H2,1H3,(H,29,35)(H,31,33)/t19-,25?/m1/s1. The Morgan fingerprint density at radius 3 is 2.54 bits per heavy atom. The van der Waals surface area contributed by atoms with Crippen LogP contribution in [0.4, 0.5) is 17.4 Å². The molecule has 2 N–H and O–H groups in total. The van der Waals surface area contributed by atoms with Gasteiger partial charge in [0.2, 0.25) is 6.17 Å². The number of anilines is 3. The van der Waals surface area contributed by atoms with Gasteiger partial charge < -0.3 is 24.7 Å². The molecule has 0 aliphatic carbocycles. The molecule has 2 atom stereocenters. The second-order valence-corrected chi connectivity index (χ2v) is 8.95. The fourth-order valence-electron chi connectivity index (χ4n) is 4.76. The van der Waals surface area contributed by atoms with Crippen molar-refractivity contribution >= 4 is 29.0 Å². The average molecular weight is 495 g/mol. The fourth-order valence-corrected chi connectivity index (χ4v) is 4.76. The summed E-state index contributed by atoms with van der Waals surface area (Å²) in [5, 5.41) is 14.4. The molecule has 0 saturated carbocycles. The van der Waals surface area contributed by atoms with E-state index in [0.29, 0.717) is 17.3 Å². The number of nitrogens with one attached hydrogen (secondary N) is 2. The highest BCUT2D eigenvalue weighted by Gasteiger charge is 2.28. The molecule has 3 heterocycles. The van der Waals surface area contributed by atoms with E-state index in [2.05, 4.69) is 25.7 Å². The predicted molar refractivity (Wildman–Crippen MR) is 142 cm³/mol. The molecule has 2 aliphatic heterocycles. The number of rotatable bonds is 6. The van der Waals surface area contributed by atoms with E-state index in [1.165, 1.54) is 0 Å². The van der Waals surface area contributed by atoms with E-state index in [9.17, 15) is 4.79 Å². The van der Waals surface area contributed by atoms with Crippen molar-refractivity contribution in [1.82, 2.24) is 10.2 Å². The number of ether oxygens (including phenoxy) is 1. The molecule has 1 amide bonds. The van der Waals surface area contributed by atoms with E-state index in [1.807, 2.05) is 78.9 Å². The lowest BCUT2D eigenvalue weighted by Gasteiger charge is -2.20. The minimum absolute atomic E-state index is 0.114. The summed E-state index contributed by atoms with van der Waals surface area (Å²) < 4.78 is 11.5. The highest BCUT2D eigenvalue weighted by Crippen LogP contribution is 2.33. The molecule has 1 saturated heterocycles. The number of fused-ring (bicyclic) bond motifs is 1. The van der Waals surface area contributed by atoms with Crippen LogP contribution in [0.25, 0.3) is 11.5 Å². The third kappa shape index (κ3) is 4.56. The molecule has 2 aliphatic rings. The molecule has 37 heavy (non-hydrogen) atoms. The van der Waals surface area contributed by atoms with Gasteiger partial charge in [-0.05, 0) is 24.6 Å². The minimum Gasteiger partial charge on any atom is -0.403 e. The Balaban J connectivity index is 1.30. The van der Waals surface area contributed by atoms with E-state index in [-0.39, 0.29) is 18.0 Å². The highest BCUT2D eigenvalue weighted by molar-refractivity contribution is 6.19. The lowest BCUT2D eigenvalue weighted by atomic mass is 10.0. The molecule has 1 fully saturated rings. The molecule has 1 aromatic heterocycles. The number of carbonyl (C=O) groups is 1. The minimum atomic E-state index is -0.966. The van der Waals surface area contributed by atoms with E-state index in [4.69, 9.17) is 14.1 Å². The van der Waals surface area contributed by atoms with Crippen LogP contribution in [0.2, 0.25) is 0 Å². The Morgan fingerprint density at radius 1 is 0.973 bits per heavy atom. The van der Waals surface area contributed by atoms with Crippen LogP contribution in [0.5, 0.6) is 0 Å². The van der Waals surface area contributed by atoms with Crippen LogP contribution in [0.1, 0.15) is 17.5 Å². The number of nitrogens with zero attached hydrogens (tertiary/aromatic N) is 4. The molecular formula is C28H26N6O3. The Hall–Kier alpha value is -4.50. The smallest absolute Gasteiger partial charge is 0.317 e. The molecule has 0 radical (unpaired) electrons. The zero-order chi connectivity index (χ0) is 25.2. The lowest BCUT2D eigenvalue weighted by Crippen LogP contribution is -2.32. The van der Waals surface area contributed by atoms with Crippen LogP contribution in [-0.2, 0) is 9.53 Å². The van der Waals surface area contributed by atoms with Crippen molar-refractivity contribution in [3.8, 4) is 11.5 Å². The van der Waals surface area contributed by atoms with Crippen LogP contribution in [0, 0.1) is 0 Å². The largest absolute Gasteiger partial charge is 0.403 e. The number of aromatic nitrogens is 2. The van der Waals surface area contributed by atoms with Gasteiger partial charge in [-0.2, -0.15) is 0 Å². The van der Waals surface area contributed by atoms with E-state index in [1.54, 1.807) is 7.11 Å². The molecular weight excluding hydrogens is 468 g/mol. The number of methoxy groups -OCH3 is 1. The van der Waals surface area contributed by atoms with E-state index in [0.717, 1.165) is 41.9 Å². The highest BCUT2D eigenvalue weighted by atomic mass is 16.5. The number of para-hydroxylation sites is 2. The third-order valence-corrected chi connectivity index (χ3v) is 6.63. The van der Waals surface area contributed by atoms with Crippen molar-refractivity contribution < 1.29 is 13.9 Å². The maximum absolute atomic E-state index is 13.1. The zero-order valence-electron chi connectivity index (χ0n) is 20.3. The first-order valence-corrected chi connectivity index (χ1v) is 12.2. The SMILES string of the molecule is CO[C@@H]1CCN(c2ccccc2-c2nnc(NC3N=C(c4ccccc4)c4ccccc4NC3=O)o2)C1. The van der Waals surface area contributed by atoms with Crippen molar-refractivity contribution in [2.75, 3.05) is 35.7 Å². The summed E-state index contributed by atoms with van der Waals surface area (Å²) in [6, 6.07) is 25.4. The van der Waals surface area contributed by atoms with Crippen molar-refractivity contribution in [3.63, 3.8) is 0 Å². The van der Waals surface area contributed by atoms with Gasteiger partial charge in [0, 0.05) is 37.0 Å². The second kappa shape index (κ2) is 9.87. The number of amides is 1. The maximum atomic E-state index is 13.1. The normalized spacial score (nSPS) is 19.1. The average Bonchev–Trinajstić information content (AvgIpc) is 3.59. The summed E-state index contributed by atoms with van der Waals surface area (Å²) in [6.07, 6.45) is 0.192. The van der Waals surface area contributed by atoms with E-state index >= 15 is 0 Å². The number of benzodiazepines with no additional fused rings is 1. The molecule has 0 bridgehead atoms.